The van der Waals surface area contributed by atoms with Crippen LogP contribution in [0.2, 0.25) is 5.02 Å². The SMILES string of the molecule is CC(C)C(NC(=O)COc1ccccc1Cl)c1ccccc1. The molecule has 1 N–H and O–H groups in total. The predicted octanol–water partition coefficient (Wildman–Crippen LogP) is 4.23. The largest absolute Gasteiger partial charge is 0.482 e. The van der Waals surface area contributed by atoms with Crippen LogP contribution in [0.4, 0.5) is 0 Å². The Morgan fingerprint density at radius 2 is 1.73 bits per heavy atom. The minimum absolute atomic E-state index is 0.0384. The maximum Gasteiger partial charge on any atom is 0.258 e. The highest BCUT2D eigenvalue weighted by atomic mass is 35.5. The van der Waals surface area contributed by atoms with E-state index in [-0.39, 0.29) is 24.5 Å². The van der Waals surface area contributed by atoms with Crippen LogP contribution in [0, 0.1) is 5.92 Å². The van der Waals surface area contributed by atoms with E-state index >= 15 is 0 Å². The van der Waals surface area contributed by atoms with Gasteiger partial charge in [0, 0.05) is 0 Å². The van der Waals surface area contributed by atoms with Crippen molar-refractivity contribution in [1.29, 1.82) is 0 Å². The first-order valence-electron chi connectivity index (χ1n) is 7.29. The second kappa shape index (κ2) is 7.85. The molecule has 0 aliphatic carbocycles. The van der Waals surface area contributed by atoms with E-state index in [4.69, 9.17) is 16.3 Å². The molecule has 2 aromatic carbocycles. The lowest BCUT2D eigenvalue weighted by molar-refractivity contribution is -0.124. The highest BCUT2D eigenvalue weighted by Gasteiger charge is 2.18. The van der Waals surface area contributed by atoms with E-state index in [1.807, 2.05) is 42.5 Å². The van der Waals surface area contributed by atoms with Crippen molar-refractivity contribution in [2.45, 2.75) is 19.9 Å². The van der Waals surface area contributed by atoms with Crippen molar-refractivity contribution in [1.82, 2.24) is 5.32 Å². The second-order valence-corrected chi connectivity index (χ2v) is 5.83. The van der Waals surface area contributed by atoms with Crippen molar-refractivity contribution in [3.8, 4) is 5.75 Å². The summed E-state index contributed by atoms with van der Waals surface area (Å²) < 4.78 is 5.47. The van der Waals surface area contributed by atoms with Gasteiger partial charge < -0.3 is 10.1 Å². The molecule has 3 nitrogen and oxygen atoms in total. The molecule has 1 amide bonds. The van der Waals surface area contributed by atoms with Gasteiger partial charge in [-0.2, -0.15) is 0 Å². The third-order valence-corrected chi connectivity index (χ3v) is 3.65. The molecule has 0 saturated carbocycles. The third kappa shape index (κ3) is 4.50. The summed E-state index contributed by atoms with van der Waals surface area (Å²) >= 11 is 6.00. The van der Waals surface area contributed by atoms with Crippen LogP contribution < -0.4 is 10.1 Å². The summed E-state index contributed by atoms with van der Waals surface area (Å²) in [5, 5.41) is 3.51. The molecule has 0 saturated heterocycles. The molecule has 2 rings (SSSR count). The fourth-order valence-corrected chi connectivity index (χ4v) is 2.41. The topological polar surface area (TPSA) is 38.3 Å². The zero-order valence-electron chi connectivity index (χ0n) is 12.8. The number of para-hydroxylation sites is 1. The van der Waals surface area contributed by atoms with Crippen LogP contribution in [0.5, 0.6) is 5.75 Å². The van der Waals surface area contributed by atoms with Gasteiger partial charge in [0.05, 0.1) is 11.1 Å². The molecule has 1 atom stereocenters. The van der Waals surface area contributed by atoms with E-state index < -0.39 is 0 Å². The number of ether oxygens (including phenoxy) is 1. The highest BCUT2D eigenvalue weighted by molar-refractivity contribution is 6.32. The van der Waals surface area contributed by atoms with Crippen molar-refractivity contribution < 1.29 is 9.53 Å². The third-order valence-electron chi connectivity index (χ3n) is 3.34. The molecule has 0 radical (unpaired) electrons. The molecule has 0 bridgehead atoms. The molecule has 22 heavy (non-hydrogen) atoms. The number of hydrogen-bond acceptors (Lipinski definition) is 2. The Morgan fingerprint density at radius 1 is 1.09 bits per heavy atom. The number of carbonyl (C=O) groups excluding carboxylic acids is 1. The standard InChI is InChI=1S/C18H20ClNO2/c1-13(2)18(14-8-4-3-5-9-14)20-17(21)12-22-16-11-7-6-10-15(16)19/h3-11,13,18H,12H2,1-2H3,(H,20,21). The number of rotatable bonds is 6. The Bertz CT molecular complexity index is 613. The van der Waals surface area contributed by atoms with Gasteiger partial charge in [-0.15, -0.1) is 0 Å². The zero-order chi connectivity index (χ0) is 15.9. The average molecular weight is 318 g/mol. The van der Waals surface area contributed by atoms with E-state index in [0.29, 0.717) is 10.8 Å². The number of amides is 1. The molecule has 0 aliphatic rings. The monoisotopic (exact) mass is 317 g/mol. The first-order chi connectivity index (χ1) is 10.6. The van der Waals surface area contributed by atoms with E-state index in [1.54, 1.807) is 12.1 Å². The van der Waals surface area contributed by atoms with Crippen LogP contribution in [-0.4, -0.2) is 12.5 Å². The van der Waals surface area contributed by atoms with Gasteiger partial charge in [0.1, 0.15) is 5.75 Å². The minimum Gasteiger partial charge on any atom is -0.482 e. The Hall–Kier alpha value is -2.00. The number of benzene rings is 2. The summed E-state index contributed by atoms with van der Waals surface area (Å²) in [6.07, 6.45) is 0. The van der Waals surface area contributed by atoms with Gasteiger partial charge >= 0.3 is 0 Å². The van der Waals surface area contributed by atoms with Crippen LogP contribution in [0.25, 0.3) is 0 Å². The van der Waals surface area contributed by atoms with Crippen LogP contribution >= 0.6 is 11.6 Å². The van der Waals surface area contributed by atoms with Crippen LogP contribution in [0.3, 0.4) is 0 Å². The smallest absolute Gasteiger partial charge is 0.258 e. The predicted molar refractivity (Wildman–Crippen MR) is 89.1 cm³/mol. The van der Waals surface area contributed by atoms with Crippen LogP contribution in [0.1, 0.15) is 25.5 Å². The summed E-state index contributed by atoms with van der Waals surface area (Å²) in [6, 6.07) is 17.0. The minimum atomic E-state index is -0.164. The fraction of sp³-hybridized carbons (Fsp3) is 0.278. The van der Waals surface area contributed by atoms with E-state index in [9.17, 15) is 4.79 Å². The molecule has 0 aromatic heterocycles. The Morgan fingerprint density at radius 3 is 2.36 bits per heavy atom. The Labute approximate surface area is 136 Å². The van der Waals surface area contributed by atoms with Gasteiger partial charge in [-0.3, -0.25) is 4.79 Å². The van der Waals surface area contributed by atoms with Crippen LogP contribution in [0.15, 0.2) is 54.6 Å². The summed E-state index contributed by atoms with van der Waals surface area (Å²) in [4.78, 5) is 12.1. The van der Waals surface area contributed by atoms with Crippen molar-refractivity contribution >= 4 is 17.5 Å². The Balaban J connectivity index is 1.96. The van der Waals surface area contributed by atoms with Gasteiger partial charge in [-0.25, -0.2) is 0 Å². The number of carbonyl (C=O) groups is 1. The molecule has 0 spiro atoms. The second-order valence-electron chi connectivity index (χ2n) is 5.42. The van der Waals surface area contributed by atoms with Crippen molar-refractivity contribution in [3.05, 3.63) is 65.2 Å². The van der Waals surface area contributed by atoms with Gasteiger partial charge in [-0.05, 0) is 23.6 Å². The molecule has 0 fully saturated rings. The van der Waals surface area contributed by atoms with Gasteiger partial charge in [-0.1, -0.05) is 67.9 Å². The molecular formula is C18H20ClNO2. The van der Waals surface area contributed by atoms with Gasteiger partial charge in [0.15, 0.2) is 6.61 Å². The van der Waals surface area contributed by atoms with Crippen molar-refractivity contribution in [3.63, 3.8) is 0 Å². The maximum atomic E-state index is 12.1. The van der Waals surface area contributed by atoms with E-state index in [2.05, 4.69) is 19.2 Å². The number of nitrogens with one attached hydrogen (secondary N) is 1. The molecular weight excluding hydrogens is 298 g/mol. The summed E-state index contributed by atoms with van der Waals surface area (Å²) in [5.41, 5.74) is 1.09. The lowest BCUT2D eigenvalue weighted by atomic mass is 9.96. The van der Waals surface area contributed by atoms with Gasteiger partial charge in [0.25, 0.3) is 5.91 Å². The summed E-state index contributed by atoms with van der Waals surface area (Å²) in [6.45, 7) is 4.10. The molecule has 2 aromatic rings. The number of hydrogen-bond donors (Lipinski definition) is 1. The normalized spacial score (nSPS) is 12.0. The van der Waals surface area contributed by atoms with Crippen molar-refractivity contribution in [2.75, 3.05) is 6.61 Å². The fourth-order valence-electron chi connectivity index (χ4n) is 2.22. The zero-order valence-corrected chi connectivity index (χ0v) is 13.5. The van der Waals surface area contributed by atoms with Crippen LogP contribution in [-0.2, 0) is 4.79 Å². The summed E-state index contributed by atoms with van der Waals surface area (Å²) in [5.74, 6) is 0.634. The lowest BCUT2D eigenvalue weighted by Crippen LogP contribution is -2.35. The summed E-state index contributed by atoms with van der Waals surface area (Å²) in [7, 11) is 0. The first kappa shape index (κ1) is 16.4. The van der Waals surface area contributed by atoms with Crippen molar-refractivity contribution in [2.24, 2.45) is 5.92 Å². The molecule has 0 aliphatic heterocycles. The van der Waals surface area contributed by atoms with E-state index in [0.717, 1.165) is 5.56 Å². The maximum absolute atomic E-state index is 12.1. The molecule has 4 heteroatoms. The molecule has 116 valence electrons. The first-order valence-corrected chi connectivity index (χ1v) is 7.67. The number of halogens is 1. The average Bonchev–Trinajstić information content (AvgIpc) is 2.52. The Kier molecular flexibility index (Phi) is 5.84. The van der Waals surface area contributed by atoms with E-state index in [1.165, 1.54) is 0 Å². The molecule has 0 heterocycles. The highest BCUT2D eigenvalue weighted by Crippen LogP contribution is 2.24. The quantitative estimate of drug-likeness (QED) is 0.865. The molecule has 1 unspecified atom stereocenters. The lowest BCUT2D eigenvalue weighted by Gasteiger charge is -2.23. The van der Waals surface area contributed by atoms with Gasteiger partial charge in [0.2, 0.25) is 0 Å².